The second kappa shape index (κ2) is 6.34. The van der Waals surface area contributed by atoms with Crippen molar-refractivity contribution in [1.29, 1.82) is 0 Å². The highest BCUT2D eigenvalue weighted by atomic mass is 19.1. The molecular formula is C20H14F2N6O2. The number of nitrogens with zero attached hydrogens (tertiary/aromatic N) is 5. The van der Waals surface area contributed by atoms with Crippen LogP contribution in [0.2, 0.25) is 0 Å². The number of benzene rings is 1. The smallest absolute Gasteiger partial charge is 0.172 e. The summed E-state index contributed by atoms with van der Waals surface area (Å²) in [6.45, 7) is 0.903. The Bertz CT molecular complexity index is 1310. The van der Waals surface area contributed by atoms with Crippen LogP contribution in [-0.2, 0) is 6.54 Å². The number of halogens is 2. The lowest BCUT2D eigenvalue weighted by Crippen LogP contribution is -2.13. The molecule has 0 fully saturated rings. The Morgan fingerprint density at radius 1 is 1.10 bits per heavy atom. The summed E-state index contributed by atoms with van der Waals surface area (Å²) in [6, 6.07) is 4.72. The second-order valence-electron chi connectivity index (χ2n) is 7.12. The van der Waals surface area contributed by atoms with Gasteiger partial charge in [-0.15, -0.1) is 10.2 Å². The number of pyridine rings is 1. The molecule has 1 atom stereocenters. The zero-order valence-corrected chi connectivity index (χ0v) is 15.5. The molecule has 5 heterocycles. The Kier molecular flexibility index (Phi) is 3.61. The Morgan fingerprint density at radius 3 is 2.83 bits per heavy atom. The third-order valence-electron chi connectivity index (χ3n) is 5.44. The summed E-state index contributed by atoms with van der Waals surface area (Å²) in [6.07, 6.45) is 3.85. The molecule has 1 aromatic carbocycles. The number of nitrogens with one attached hydrogen (secondary N) is 1. The van der Waals surface area contributed by atoms with Crippen molar-refractivity contribution in [3.63, 3.8) is 0 Å². The molecule has 0 bridgehead atoms. The van der Waals surface area contributed by atoms with Crippen LogP contribution >= 0.6 is 0 Å². The van der Waals surface area contributed by atoms with Gasteiger partial charge in [-0.2, -0.15) is 0 Å². The van der Waals surface area contributed by atoms with Gasteiger partial charge in [0.1, 0.15) is 29.9 Å². The standard InChI is InChI=1S/C20H14F2N6O2/c21-13-1-2-15-17-10(6-29-15)7-30-16-3-11(18-14(22)5-23-8-25-18)19-27-26-9-28(19)20(16)24-4-12(13)17/h1-3,5,8-10,24H,4,6-7H2/t10-/m1/s1. The number of ether oxygens (including phenoxy) is 2. The van der Waals surface area contributed by atoms with E-state index >= 15 is 0 Å². The molecule has 4 aromatic rings. The molecule has 2 aliphatic heterocycles. The maximum absolute atomic E-state index is 14.6. The lowest BCUT2D eigenvalue weighted by molar-refractivity contribution is 0.249. The van der Waals surface area contributed by atoms with E-state index in [4.69, 9.17) is 9.47 Å². The predicted octanol–water partition coefficient (Wildman–Crippen LogP) is 2.95. The van der Waals surface area contributed by atoms with Crippen molar-refractivity contribution < 1.29 is 18.3 Å². The van der Waals surface area contributed by atoms with E-state index in [1.54, 1.807) is 16.5 Å². The van der Waals surface area contributed by atoms with Gasteiger partial charge in [0.15, 0.2) is 23.0 Å². The van der Waals surface area contributed by atoms with Gasteiger partial charge < -0.3 is 14.8 Å². The molecule has 6 rings (SSSR count). The minimum atomic E-state index is -0.582. The van der Waals surface area contributed by atoms with Gasteiger partial charge in [-0.05, 0) is 18.2 Å². The van der Waals surface area contributed by atoms with Crippen molar-refractivity contribution >= 4 is 11.5 Å². The lowest BCUT2D eigenvalue weighted by Gasteiger charge is -2.16. The van der Waals surface area contributed by atoms with Crippen LogP contribution in [0.4, 0.5) is 14.6 Å². The third-order valence-corrected chi connectivity index (χ3v) is 5.44. The Hall–Kier alpha value is -3.82. The number of rotatable bonds is 1. The summed E-state index contributed by atoms with van der Waals surface area (Å²) in [7, 11) is 0. The van der Waals surface area contributed by atoms with Crippen LogP contribution in [0, 0.1) is 11.6 Å². The molecular weight excluding hydrogens is 394 g/mol. The van der Waals surface area contributed by atoms with E-state index in [0.29, 0.717) is 40.7 Å². The first-order valence-corrected chi connectivity index (χ1v) is 9.34. The molecule has 150 valence electrons. The summed E-state index contributed by atoms with van der Waals surface area (Å²) in [4.78, 5) is 7.76. The molecule has 30 heavy (non-hydrogen) atoms. The molecule has 0 radical (unpaired) electrons. The zero-order valence-electron chi connectivity index (χ0n) is 15.5. The first-order chi connectivity index (χ1) is 14.7. The van der Waals surface area contributed by atoms with Crippen molar-refractivity contribution in [3.8, 4) is 22.8 Å². The topological polar surface area (TPSA) is 86.5 Å². The zero-order chi connectivity index (χ0) is 20.2. The van der Waals surface area contributed by atoms with E-state index in [1.807, 2.05) is 0 Å². The Morgan fingerprint density at radius 2 is 1.97 bits per heavy atom. The van der Waals surface area contributed by atoms with Crippen molar-refractivity contribution in [3.05, 3.63) is 59.8 Å². The average Bonchev–Trinajstić information content (AvgIpc) is 3.40. The van der Waals surface area contributed by atoms with Gasteiger partial charge in [0, 0.05) is 17.7 Å². The van der Waals surface area contributed by atoms with Gasteiger partial charge in [-0.1, -0.05) is 0 Å². The second-order valence-corrected chi connectivity index (χ2v) is 7.12. The van der Waals surface area contributed by atoms with E-state index in [9.17, 15) is 8.78 Å². The summed E-state index contributed by atoms with van der Waals surface area (Å²) < 4.78 is 42.5. The summed E-state index contributed by atoms with van der Waals surface area (Å²) in [5.41, 5.74) is 2.26. The van der Waals surface area contributed by atoms with E-state index in [0.717, 1.165) is 11.8 Å². The maximum atomic E-state index is 14.6. The average molecular weight is 408 g/mol. The van der Waals surface area contributed by atoms with Gasteiger partial charge in [0.25, 0.3) is 0 Å². The van der Waals surface area contributed by atoms with Gasteiger partial charge in [0.2, 0.25) is 0 Å². The SMILES string of the molecule is Fc1cncnc1-c1cc2c(n3cnnc13)NCc1c(F)ccc3c1[C@H](CO3)CO2. The molecule has 0 saturated carbocycles. The maximum Gasteiger partial charge on any atom is 0.172 e. The largest absolute Gasteiger partial charge is 0.493 e. The van der Waals surface area contributed by atoms with Gasteiger partial charge in [-0.25, -0.2) is 18.7 Å². The first kappa shape index (κ1) is 17.1. The fourth-order valence-corrected chi connectivity index (χ4v) is 4.07. The van der Waals surface area contributed by atoms with Crippen LogP contribution in [0.3, 0.4) is 0 Å². The van der Waals surface area contributed by atoms with Crippen LogP contribution < -0.4 is 14.8 Å². The minimum Gasteiger partial charge on any atom is -0.493 e. The molecule has 8 nitrogen and oxygen atoms in total. The number of anilines is 1. The number of hydrogen-bond acceptors (Lipinski definition) is 7. The number of fused-ring (bicyclic) bond motifs is 3. The third kappa shape index (κ3) is 2.43. The molecule has 0 amide bonds. The number of hydrogen-bond donors (Lipinski definition) is 1. The minimum absolute atomic E-state index is 0.0927. The van der Waals surface area contributed by atoms with E-state index in [2.05, 4.69) is 25.5 Å². The molecule has 10 heteroatoms. The van der Waals surface area contributed by atoms with Crippen LogP contribution in [0.25, 0.3) is 16.9 Å². The fourth-order valence-electron chi connectivity index (χ4n) is 4.07. The summed E-state index contributed by atoms with van der Waals surface area (Å²) in [5, 5.41) is 11.3. The highest BCUT2D eigenvalue weighted by Gasteiger charge is 2.31. The predicted molar refractivity (Wildman–Crippen MR) is 101 cm³/mol. The number of aromatic nitrogens is 5. The van der Waals surface area contributed by atoms with E-state index in [1.165, 1.54) is 18.7 Å². The van der Waals surface area contributed by atoms with Crippen LogP contribution in [0.5, 0.6) is 11.5 Å². The molecule has 3 aromatic heterocycles. The van der Waals surface area contributed by atoms with E-state index < -0.39 is 5.82 Å². The fraction of sp³-hybridized carbons (Fsp3) is 0.200. The van der Waals surface area contributed by atoms with E-state index in [-0.39, 0.29) is 30.6 Å². The van der Waals surface area contributed by atoms with Gasteiger partial charge in [0.05, 0.1) is 30.9 Å². The molecule has 0 spiro atoms. The summed E-state index contributed by atoms with van der Waals surface area (Å²) in [5.74, 6) is 0.671. The van der Waals surface area contributed by atoms with Crippen molar-refractivity contribution in [2.45, 2.75) is 12.5 Å². The molecule has 1 N–H and O–H groups in total. The highest BCUT2D eigenvalue weighted by Crippen LogP contribution is 2.41. The summed E-state index contributed by atoms with van der Waals surface area (Å²) >= 11 is 0. The molecule has 0 saturated heterocycles. The normalized spacial score (nSPS) is 17.1. The van der Waals surface area contributed by atoms with Crippen LogP contribution in [0.1, 0.15) is 17.0 Å². The molecule has 0 aliphatic carbocycles. The van der Waals surface area contributed by atoms with Crippen molar-refractivity contribution in [2.24, 2.45) is 0 Å². The quantitative estimate of drug-likeness (QED) is 0.518. The lowest BCUT2D eigenvalue weighted by atomic mass is 9.96. The van der Waals surface area contributed by atoms with Crippen LogP contribution in [0.15, 0.2) is 37.1 Å². The monoisotopic (exact) mass is 408 g/mol. The Balaban J connectivity index is 1.54. The molecule has 2 aliphatic rings. The van der Waals surface area contributed by atoms with Gasteiger partial charge >= 0.3 is 0 Å². The first-order valence-electron chi connectivity index (χ1n) is 9.34. The highest BCUT2D eigenvalue weighted by molar-refractivity contribution is 5.80. The van der Waals surface area contributed by atoms with Crippen molar-refractivity contribution in [1.82, 2.24) is 24.6 Å². The van der Waals surface area contributed by atoms with Crippen molar-refractivity contribution in [2.75, 3.05) is 18.5 Å². The molecule has 0 unspecified atom stereocenters. The van der Waals surface area contributed by atoms with Crippen LogP contribution in [-0.4, -0.2) is 37.8 Å². The Labute approximate surface area is 168 Å². The van der Waals surface area contributed by atoms with Gasteiger partial charge in [-0.3, -0.25) is 4.40 Å².